The van der Waals surface area contributed by atoms with Crippen molar-refractivity contribution in [3.8, 4) is 5.75 Å². The highest BCUT2D eigenvalue weighted by Gasteiger charge is 2.16. The van der Waals surface area contributed by atoms with Crippen LogP contribution < -0.4 is 4.74 Å². The number of benzene rings is 2. The Kier molecular flexibility index (Phi) is 6.24. The number of rotatable bonds is 7. The Hall–Kier alpha value is -1.88. The number of piperazine rings is 1. The van der Waals surface area contributed by atoms with Crippen molar-refractivity contribution in [1.82, 2.24) is 9.80 Å². The van der Waals surface area contributed by atoms with Crippen molar-refractivity contribution in [3.05, 3.63) is 65.7 Å². The van der Waals surface area contributed by atoms with E-state index in [0.29, 0.717) is 0 Å². The molecule has 0 aliphatic carbocycles. The first kappa shape index (κ1) is 17.0. The van der Waals surface area contributed by atoms with Crippen LogP contribution in [0.25, 0.3) is 0 Å². The van der Waals surface area contributed by atoms with Crippen LogP contribution in [0.4, 0.5) is 0 Å². The van der Waals surface area contributed by atoms with Crippen LogP contribution in [-0.2, 0) is 13.2 Å². The second-order valence-electron chi connectivity index (χ2n) is 6.25. The van der Waals surface area contributed by atoms with E-state index in [1.54, 1.807) is 0 Å². The highest BCUT2D eigenvalue weighted by molar-refractivity contribution is 5.22. The molecule has 0 aromatic heterocycles. The minimum absolute atomic E-state index is 0.115. The maximum atomic E-state index is 9.10. The second-order valence-corrected chi connectivity index (χ2v) is 6.25. The van der Waals surface area contributed by atoms with E-state index < -0.39 is 0 Å². The zero-order valence-corrected chi connectivity index (χ0v) is 14.1. The van der Waals surface area contributed by atoms with E-state index >= 15 is 0 Å². The molecular weight excluding hydrogens is 300 g/mol. The summed E-state index contributed by atoms with van der Waals surface area (Å²) in [5.41, 5.74) is 2.29. The summed E-state index contributed by atoms with van der Waals surface area (Å²) in [6, 6.07) is 18.3. The first-order valence-corrected chi connectivity index (χ1v) is 8.65. The zero-order chi connectivity index (χ0) is 16.6. The molecule has 0 atom stereocenters. The quantitative estimate of drug-likeness (QED) is 0.847. The predicted octanol–water partition coefficient (Wildman–Crippen LogP) is 2.38. The molecule has 0 saturated carbocycles. The summed E-state index contributed by atoms with van der Waals surface area (Å²) in [6.07, 6.45) is 0. The van der Waals surface area contributed by atoms with E-state index in [2.05, 4.69) is 21.9 Å². The molecule has 0 unspecified atom stereocenters. The largest absolute Gasteiger partial charge is 0.492 e. The maximum Gasteiger partial charge on any atom is 0.119 e. The van der Waals surface area contributed by atoms with Crippen molar-refractivity contribution in [2.45, 2.75) is 13.2 Å². The highest BCUT2D eigenvalue weighted by Crippen LogP contribution is 2.11. The van der Waals surface area contributed by atoms with Gasteiger partial charge in [0.05, 0.1) is 6.61 Å². The summed E-state index contributed by atoms with van der Waals surface area (Å²) >= 11 is 0. The minimum Gasteiger partial charge on any atom is -0.492 e. The van der Waals surface area contributed by atoms with Crippen molar-refractivity contribution >= 4 is 0 Å². The monoisotopic (exact) mass is 326 g/mol. The fourth-order valence-electron chi connectivity index (χ4n) is 2.99. The average molecular weight is 326 g/mol. The van der Waals surface area contributed by atoms with Gasteiger partial charge in [-0.2, -0.15) is 0 Å². The summed E-state index contributed by atoms with van der Waals surface area (Å²) in [4.78, 5) is 4.96. The van der Waals surface area contributed by atoms with E-state index in [9.17, 15) is 0 Å². The van der Waals surface area contributed by atoms with Gasteiger partial charge in [0.25, 0.3) is 0 Å². The Morgan fingerprint density at radius 3 is 2.08 bits per heavy atom. The summed E-state index contributed by atoms with van der Waals surface area (Å²) in [6.45, 7) is 7.19. The molecule has 4 heteroatoms. The third kappa shape index (κ3) is 5.06. The van der Waals surface area contributed by atoms with Crippen molar-refractivity contribution in [1.29, 1.82) is 0 Å². The normalized spacial score (nSPS) is 16.2. The fourth-order valence-corrected chi connectivity index (χ4v) is 2.99. The van der Waals surface area contributed by atoms with Crippen LogP contribution in [-0.4, -0.2) is 54.2 Å². The Bertz CT molecular complexity index is 593. The number of aliphatic hydroxyl groups is 1. The molecule has 4 nitrogen and oxygen atoms in total. The van der Waals surface area contributed by atoms with Gasteiger partial charge in [-0.05, 0) is 23.3 Å². The molecule has 1 N–H and O–H groups in total. The lowest BCUT2D eigenvalue weighted by atomic mass is 10.1. The number of ether oxygens (including phenoxy) is 1. The Morgan fingerprint density at radius 2 is 1.42 bits per heavy atom. The van der Waals surface area contributed by atoms with Gasteiger partial charge in [0.15, 0.2) is 0 Å². The molecule has 1 heterocycles. The summed E-state index contributed by atoms with van der Waals surface area (Å²) in [7, 11) is 0. The Balaban J connectivity index is 1.36. The van der Waals surface area contributed by atoms with Gasteiger partial charge in [0.2, 0.25) is 0 Å². The van der Waals surface area contributed by atoms with Crippen LogP contribution >= 0.6 is 0 Å². The molecule has 128 valence electrons. The molecule has 2 aromatic carbocycles. The highest BCUT2D eigenvalue weighted by atomic mass is 16.5. The van der Waals surface area contributed by atoms with E-state index in [1.165, 1.54) is 5.56 Å². The lowest BCUT2D eigenvalue weighted by molar-refractivity contribution is 0.112. The van der Waals surface area contributed by atoms with E-state index in [1.807, 2.05) is 42.5 Å². The third-order valence-electron chi connectivity index (χ3n) is 4.50. The van der Waals surface area contributed by atoms with E-state index in [4.69, 9.17) is 9.84 Å². The minimum atomic E-state index is 0.115. The molecule has 24 heavy (non-hydrogen) atoms. The van der Waals surface area contributed by atoms with Crippen LogP contribution in [0.1, 0.15) is 11.1 Å². The van der Waals surface area contributed by atoms with Gasteiger partial charge >= 0.3 is 0 Å². The summed E-state index contributed by atoms with van der Waals surface area (Å²) in [5, 5.41) is 9.10. The average Bonchev–Trinajstić information content (AvgIpc) is 2.65. The van der Waals surface area contributed by atoms with Crippen LogP contribution in [0.3, 0.4) is 0 Å². The van der Waals surface area contributed by atoms with E-state index in [0.717, 1.165) is 57.2 Å². The molecule has 1 aliphatic rings. The first-order valence-electron chi connectivity index (χ1n) is 8.65. The topological polar surface area (TPSA) is 35.9 Å². The number of hydrogen-bond acceptors (Lipinski definition) is 4. The fraction of sp³-hybridized carbons (Fsp3) is 0.400. The predicted molar refractivity (Wildman–Crippen MR) is 96.0 cm³/mol. The third-order valence-corrected chi connectivity index (χ3v) is 4.50. The molecule has 3 rings (SSSR count). The summed E-state index contributed by atoms with van der Waals surface area (Å²) < 4.78 is 5.78. The van der Waals surface area contributed by atoms with E-state index in [-0.39, 0.29) is 6.61 Å². The SMILES string of the molecule is OCc1ccc(CN2CCN(CCOc3ccccc3)CC2)cc1. The Labute approximate surface area is 144 Å². The molecule has 0 amide bonds. The number of nitrogens with zero attached hydrogens (tertiary/aromatic N) is 2. The van der Waals surface area contributed by atoms with Gasteiger partial charge < -0.3 is 9.84 Å². The maximum absolute atomic E-state index is 9.10. The van der Waals surface area contributed by atoms with Crippen molar-refractivity contribution in [3.63, 3.8) is 0 Å². The van der Waals surface area contributed by atoms with Crippen LogP contribution in [0.5, 0.6) is 5.75 Å². The van der Waals surface area contributed by atoms with Crippen LogP contribution in [0.2, 0.25) is 0 Å². The molecular formula is C20H26N2O2. The zero-order valence-electron chi connectivity index (χ0n) is 14.1. The lowest BCUT2D eigenvalue weighted by Gasteiger charge is -2.34. The molecule has 1 fully saturated rings. The molecule has 1 saturated heterocycles. The number of para-hydroxylation sites is 1. The first-order chi connectivity index (χ1) is 11.8. The smallest absolute Gasteiger partial charge is 0.119 e. The number of aliphatic hydroxyl groups excluding tert-OH is 1. The second kappa shape index (κ2) is 8.83. The molecule has 0 radical (unpaired) electrons. The standard InChI is InChI=1S/C20H26N2O2/c23-17-19-8-6-18(7-9-19)16-22-12-10-21(11-13-22)14-15-24-20-4-2-1-3-5-20/h1-9,23H,10-17H2. The van der Waals surface area contributed by atoms with Gasteiger partial charge in [0.1, 0.15) is 12.4 Å². The summed E-state index contributed by atoms with van der Waals surface area (Å²) in [5.74, 6) is 0.947. The number of hydrogen-bond donors (Lipinski definition) is 1. The lowest BCUT2D eigenvalue weighted by Crippen LogP contribution is -2.47. The van der Waals surface area contributed by atoms with Crippen molar-refractivity contribution in [2.75, 3.05) is 39.3 Å². The Morgan fingerprint density at radius 1 is 0.792 bits per heavy atom. The molecule has 1 aliphatic heterocycles. The molecule has 0 bridgehead atoms. The van der Waals surface area contributed by atoms with Crippen LogP contribution in [0.15, 0.2) is 54.6 Å². The van der Waals surface area contributed by atoms with Gasteiger partial charge in [-0.1, -0.05) is 42.5 Å². The van der Waals surface area contributed by atoms with Crippen molar-refractivity contribution < 1.29 is 9.84 Å². The van der Waals surface area contributed by atoms with Gasteiger partial charge in [0, 0.05) is 39.3 Å². The van der Waals surface area contributed by atoms with Crippen LogP contribution in [0, 0.1) is 0 Å². The van der Waals surface area contributed by atoms with Crippen molar-refractivity contribution in [2.24, 2.45) is 0 Å². The van der Waals surface area contributed by atoms with Gasteiger partial charge in [-0.25, -0.2) is 0 Å². The van der Waals surface area contributed by atoms with Gasteiger partial charge in [-0.15, -0.1) is 0 Å². The van der Waals surface area contributed by atoms with Gasteiger partial charge in [-0.3, -0.25) is 9.80 Å². The molecule has 2 aromatic rings. The molecule has 0 spiro atoms.